The van der Waals surface area contributed by atoms with Gasteiger partial charge in [0.05, 0.1) is 13.2 Å². The van der Waals surface area contributed by atoms with Crippen LogP contribution >= 0.6 is 11.6 Å². The van der Waals surface area contributed by atoms with E-state index in [1.807, 2.05) is 0 Å². The number of aromatic nitrogens is 3. The van der Waals surface area contributed by atoms with Gasteiger partial charge in [-0.1, -0.05) is 11.6 Å². The Morgan fingerprint density at radius 2 is 2.09 bits per heavy atom. The molecule has 10 heteroatoms. The van der Waals surface area contributed by atoms with Crippen LogP contribution < -0.4 is 10.1 Å². The Kier molecular flexibility index (Phi) is 4.79. The third kappa shape index (κ3) is 4.13. The summed E-state index contributed by atoms with van der Waals surface area (Å²) in [4.78, 5) is 15.5. The maximum atomic E-state index is 12.5. The van der Waals surface area contributed by atoms with Gasteiger partial charge in [-0.25, -0.2) is 4.98 Å². The van der Waals surface area contributed by atoms with Gasteiger partial charge in [0.15, 0.2) is 0 Å². The van der Waals surface area contributed by atoms with E-state index < -0.39 is 23.9 Å². The number of ether oxygens (including phenoxy) is 1. The number of nitrogens with zero attached hydrogens (tertiary/aromatic N) is 2. The quantitative estimate of drug-likeness (QED) is 0.890. The van der Waals surface area contributed by atoms with E-state index >= 15 is 0 Å². The molecule has 0 bridgehead atoms. The summed E-state index contributed by atoms with van der Waals surface area (Å²) in [5.74, 6) is -1.56. The highest BCUT2D eigenvalue weighted by molar-refractivity contribution is 6.31. The second kappa shape index (κ2) is 6.45. The standard InChI is InChI=1S/C13H12ClF3N4O2/c1-6(10-19-12(21-20-10)13(15,16)17)18-11(22)7-3-8(14)5-9(4-7)23-2/h3-6H,1-2H3,(H,18,22)(H,19,20,21). The molecular weight excluding hydrogens is 337 g/mol. The molecular formula is C13H12ClF3N4O2. The van der Waals surface area contributed by atoms with Crippen LogP contribution in [-0.2, 0) is 6.18 Å². The zero-order valence-corrected chi connectivity index (χ0v) is 12.8. The lowest BCUT2D eigenvalue weighted by atomic mass is 10.2. The first-order valence-electron chi connectivity index (χ1n) is 6.35. The maximum Gasteiger partial charge on any atom is 0.453 e. The van der Waals surface area contributed by atoms with Crippen LogP contribution in [0, 0.1) is 0 Å². The fourth-order valence-electron chi connectivity index (χ4n) is 1.75. The number of nitrogens with one attached hydrogen (secondary N) is 2. The van der Waals surface area contributed by atoms with E-state index in [0.29, 0.717) is 10.8 Å². The van der Waals surface area contributed by atoms with Crippen LogP contribution in [0.5, 0.6) is 5.75 Å². The molecule has 1 aromatic carbocycles. The summed E-state index contributed by atoms with van der Waals surface area (Å²) in [6, 6.07) is 3.58. The second-order valence-corrected chi connectivity index (χ2v) is 5.05. The molecule has 0 saturated carbocycles. The SMILES string of the molecule is COc1cc(Cl)cc(C(=O)NC(C)c2nc(C(F)(F)F)n[nH]2)c1. The van der Waals surface area contributed by atoms with Gasteiger partial charge in [-0.15, -0.1) is 5.10 Å². The summed E-state index contributed by atoms with van der Waals surface area (Å²) in [6.07, 6.45) is -4.65. The molecule has 0 aliphatic heterocycles. The van der Waals surface area contributed by atoms with Crippen molar-refractivity contribution in [3.63, 3.8) is 0 Å². The van der Waals surface area contributed by atoms with E-state index in [1.165, 1.54) is 32.2 Å². The summed E-state index contributed by atoms with van der Waals surface area (Å²) in [7, 11) is 1.42. The van der Waals surface area contributed by atoms with E-state index in [2.05, 4.69) is 20.5 Å². The van der Waals surface area contributed by atoms with Crippen LogP contribution in [0.2, 0.25) is 5.02 Å². The number of aromatic amines is 1. The Labute approximate surface area is 134 Å². The highest BCUT2D eigenvalue weighted by Crippen LogP contribution is 2.26. The number of H-pyrrole nitrogens is 1. The number of benzene rings is 1. The summed E-state index contributed by atoms with van der Waals surface area (Å²) in [5.41, 5.74) is 0.205. The van der Waals surface area contributed by atoms with Gasteiger partial charge in [0.25, 0.3) is 11.7 Å². The molecule has 23 heavy (non-hydrogen) atoms. The predicted octanol–water partition coefficient (Wildman–Crippen LogP) is 2.98. The van der Waals surface area contributed by atoms with Gasteiger partial charge >= 0.3 is 6.18 Å². The van der Waals surface area contributed by atoms with Crippen molar-refractivity contribution >= 4 is 17.5 Å². The average molecular weight is 349 g/mol. The number of carbonyl (C=O) groups excluding carboxylic acids is 1. The van der Waals surface area contributed by atoms with Crippen molar-refractivity contribution in [2.45, 2.75) is 19.1 Å². The van der Waals surface area contributed by atoms with Crippen molar-refractivity contribution in [2.75, 3.05) is 7.11 Å². The van der Waals surface area contributed by atoms with Crippen molar-refractivity contribution in [3.05, 3.63) is 40.4 Å². The van der Waals surface area contributed by atoms with Gasteiger partial charge in [-0.05, 0) is 25.1 Å². The molecule has 124 valence electrons. The number of rotatable bonds is 4. The number of halogens is 4. The van der Waals surface area contributed by atoms with Gasteiger partial charge < -0.3 is 10.1 Å². The van der Waals surface area contributed by atoms with Crippen LogP contribution in [0.1, 0.15) is 35.0 Å². The second-order valence-electron chi connectivity index (χ2n) is 4.62. The van der Waals surface area contributed by atoms with Crippen LogP contribution in [-0.4, -0.2) is 28.2 Å². The van der Waals surface area contributed by atoms with E-state index in [0.717, 1.165) is 0 Å². The lowest BCUT2D eigenvalue weighted by molar-refractivity contribution is -0.144. The maximum absolute atomic E-state index is 12.5. The molecule has 2 aromatic rings. The van der Waals surface area contributed by atoms with Gasteiger partial charge in [0.2, 0.25) is 0 Å². The molecule has 2 N–H and O–H groups in total. The van der Waals surface area contributed by atoms with Crippen LogP contribution in [0.3, 0.4) is 0 Å². The largest absolute Gasteiger partial charge is 0.497 e. The minimum Gasteiger partial charge on any atom is -0.497 e. The van der Waals surface area contributed by atoms with Gasteiger partial charge in [-0.2, -0.15) is 13.2 Å². The topological polar surface area (TPSA) is 79.9 Å². The summed E-state index contributed by atoms with van der Waals surface area (Å²) in [6.45, 7) is 1.47. The minimum absolute atomic E-state index is 0.111. The van der Waals surface area contributed by atoms with Crippen molar-refractivity contribution in [2.24, 2.45) is 0 Å². The Bertz CT molecular complexity index is 717. The molecule has 1 heterocycles. The van der Waals surface area contributed by atoms with E-state index in [1.54, 1.807) is 0 Å². The number of methoxy groups -OCH3 is 1. The number of alkyl halides is 3. The molecule has 0 saturated heterocycles. The van der Waals surface area contributed by atoms with Gasteiger partial charge in [0.1, 0.15) is 11.6 Å². The molecule has 2 rings (SSSR count). The summed E-state index contributed by atoms with van der Waals surface area (Å²) >= 11 is 5.87. The van der Waals surface area contributed by atoms with E-state index in [-0.39, 0.29) is 11.4 Å². The fraction of sp³-hybridized carbons (Fsp3) is 0.308. The Morgan fingerprint density at radius 3 is 2.65 bits per heavy atom. The molecule has 0 aliphatic carbocycles. The number of hydrogen-bond acceptors (Lipinski definition) is 4. The Hall–Kier alpha value is -2.29. The lowest BCUT2D eigenvalue weighted by Gasteiger charge is -2.12. The van der Waals surface area contributed by atoms with Gasteiger partial charge in [0, 0.05) is 10.6 Å². The molecule has 0 spiro atoms. The van der Waals surface area contributed by atoms with Crippen molar-refractivity contribution in [1.82, 2.24) is 20.5 Å². The molecule has 1 amide bonds. The molecule has 1 atom stereocenters. The average Bonchev–Trinajstić information content (AvgIpc) is 2.96. The van der Waals surface area contributed by atoms with Crippen molar-refractivity contribution in [1.29, 1.82) is 0 Å². The molecule has 1 aromatic heterocycles. The predicted molar refractivity (Wildman–Crippen MR) is 75.3 cm³/mol. The first kappa shape index (κ1) is 17.1. The molecule has 1 unspecified atom stereocenters. The molecule has 0 radical (unpaired) electrons. The van der Waals surface area contributed by atoms with Crippen LogP contribution in [0.25, 0.3) is 0 Å². The first-order chi connectivity index (χ1) is 10.7. The number of amides is 1. The van der Waals surface area contributed by atoms with Crippen molar-refractivity contribution < 1.29 is 22.7 Å². The van der Waals surface area contributed by atoms with E-state index in [4.69, 9.17) is 16.3 Å². The zero-order chi connectivity index (χ0) is 17.2. The van der Waals surface area contributed by atoms with Crippen molar-refractivity contribution in [3.8, 4) is 5.75 Å². The first-order valence-corrected chi connectivity index (χ1v) is 6.73. The minimum atomic E-state index is -4.65. The smallest absolute Gasteiger partial charge is 0.453 e. The molecule has 0 fully saturated rings. The molecule has 0 aliphatic rings. The fourth-order valence-corrected chi connectivity index (χ4v) is 1.98. The third-order valence-corrected chi connectivity index (χ3v) is 3.10. The Balaban J connectivity index is 2.13. The number of hydrogen-bond donors (Lipinski definition) is 2. The molecule has 6 nitrogen and oxygen atoms in total. The lowest BCUT2D eigenvalue weighted by Crippen LogP contribution is -2.27. The highest BCUT2D eigenvalue weighted by Gasteiger charge is 2.36. The van der Waals surface area contributed by atoms with Gasteiger partial charge in [-0.3, -0.25) is 9.89 Å². The van der Waals surface area contributed by atoms with E-state index in [9.17, 15) is 18.0 Å². The highest BCUT2D eigenvalue weighted by atomic mass is 35.5. The normalized spacial score (nSPS) is 12.8. The zero-order valence-electron chi connectivity index (χ0n) is 12.0. The van der Waals surface area contributed by atoms with Crippen LogP contribution in [0.15, 0.2) is 18.2 Å². The summed E-state index contributed by atoms with van der Waals surface area (Å²) < 4.78 is 42.4. The van der Waals surface area contributed by atoms with Crippen LogP contribution in [0.4, 0.5) is 13.2 Å². The third-order valence-electron chi connectivity index (χ3n) is 2.88. The monoisotopic (exact) mass is 348 g/mol. The Morgan fingerprint density at radius 1 is 1.39 bits per heavy atom. The summed E-state index contributed by atoms with van der Waals surface area (Å²) in [5, 5.41) is 8.03. The number of carbonyl (C=O) groups is 1.